The molecule has 2 atom stereocenters. The highest BCUT2D eigenvalue weighted by Gasteiger charge is 2.30. The monoisotopic (exact) mass is 404 g/mol. The molecule has 1 rings (SSSR count). The Labute approximate surface area is 133 Å². The molecular weight excluding hydrogens is 379 g/mol. The van der Waals surface area contributed by atoms with Gasteiger partial charge in [-0.3, -0.25) is 4.99 Å². The van der Waals surface area contributed by atoms with Crippen molar-refractivity contribution >= 4 is 40.0 Å². The van der Waals surface area contributed by atoms with Gasteiger partial charge in [-0.1, -0.05) is 6.92 Å². The van der Waals surface area contributed by atoms with Crippen molar-refractivity contribution in [1.82, 2.24) is 9.62 Å². The number of nitrogens with zero attached hydrogens (tertiary/aromatic N) is 2. The van der Waals surface area contributed by atoms with Gasteiger partial charge in [-0.25, -0.2) is 8.42 Å². The Kier molecular flexibility index (Phi) is 8.21. The molecule has 0 spiro atoms. The van der Waals surface area contributed by atoms with Gasteiger partial charge < -0.3 is 11.1 Å². The Hall–Kier alpha value is -0.0900. The number of rotatable bonds is 5. The van der Waals surface area contributed by atoms with E-state index in [2.05, 4.69) is 17.2 Å². The second kappa shape index (κ2) is 8.25. The summed E-state index contributed by atoms with van der Waals surface area (Å²) in [6.45, 7) is 5.12. The molecule has 1 unspecified atom stereocenters. The van der Waals surface area contributed by atoms with Crippen LogP contribution in [0.15, 0.2) is 4.99 Å². The van der Waals surface area contributed by atoms with E-state index < -0.39 is 10.0 Å². The fourth-order valence-corrected chi connectivity index (χ4v) is 3.21. The molecule has 0 amide bonds. The summed E-state index contributed by atoms with van der Waals surface area (Å²) >= 11 is 0. The van der Waals surface area contributed by atoms with Gasteiger partial charge in [-0.15, -0.1) is 24.0 Å². The molecule has 0 radical (unpaired) electrons. The van der Waals surface area contributed by atoms with E-state index in [1.807, 2.05) is 6.92 Å². The van der Waals surface area contributed by atoms with Crippen molar-refractivity contribution in [2.45, 2.75) is 45.2 Å². The molecule has 0 bridgehead atoms. The van der Waals surface area contributed by atoms with Crippen molar-refractivity contribution in [2.24, 2.45) is 10.7 Å². The van der Waals surface area contributed by atoms with Crippen LogP contribution in [0.2, 0.25) is 0 Å². The molecule has 1 saturated heterocycles. The molecule has 1 fully saturated rings. The number of nitrogens with one attached hydrogen (secondary N) is 1. The maximum absolute atomic E-state index is 11.5. The first-order chi connectivity index (χ1) is 8.34. The molecule has 6 nitrogen and oxygen atoms in total. The lowest BCUT2D eigenvalue weighted by Gasteiger charge is -2.20. The third-order valence-corrected chi connectivity index (χ3v) is 4.56. The molecule has 1 heterocycles. The van der Waals surface area contributed by atoms with Gasteiger partial charge in [-0.2, -0.15) is 4.31 Å². The third-order valence-electron chi connectivity index (χ3n) is 3.23. The molecule has 19 heavy (non-hydrogen) atoms. The average Bonchev–Trinajstić information content (AvgIpc) is 2.74. The van der Waals surface area contributed by atoms with Crippen LogP contribution in [0.4, 0.5) is 0 Å². The summed E-state index contributed by atoms with van der Waals surface area (Å²) in [5, 5.41) is 3.07. The molecule has 114 valence electrons. The van der Waals surface area contributed by atoms with E-state index in [0.717, 1.165) is 19.3 Å². The van der Waals surface area contributed by atoms with Gasteiger partial charge in [0.05, 0.1) is 12.8 Å². The maximum Gasteiger partial charge on any atom is 0.211 e. The lowest BCUT2D eigenvalue weighted by Crippen LogP contribution is -2.40. The topological polar surface area (TPSA) is 87.8 Å². The molecule has 8 heteroatoms. The summed E-state index contributed by atoms with van der Waals surface area (Å²) in [4.78, 5) is 4.24. The summed E-state index contributed by atoms with van der Waals surface area (Å²) in [6, 6.07) is 0.237. The van der Waals surface area contributed by atoms with E-state index in [4.69, 9.17) is 5.73 Å². The van der Waals surface area contributed by atoms with Crippen LogP contribution in [0.1, 0.15) is 33.1 Å². The van der Waals surface area contributed by atoms with Crippen molar-refractivity contribution in [3.8, 4) is 0 Å². The maximum atomic E-state index is 11.5. The molecule has 3 N–H and O–H groups in total. The minimum Gasteiger partial charge on any atom is -0.370 e. The number of aliphatic imine (C=N–C) groups is 1. The minimum atomic E-state index is -3.12. The summed E-state index contributed by atoms with van der Waals surface area (Å²) in [5.74, 6) is 0.393. The van der Waals surface area contributed by atoms with Crippen LogP contribution in [0.3, 0.4) is 0 Å². The van der Waals surface area contributed by atoms with Crippen LogP contribution in [-0.2, 0) is 10.0 Å². The molecule has 0 aromatic carbocycles. The molecule has 1 aliphatic heterocycles. The number of nitrogens with two attached hydrogens (primary N) is 1. The highest BCUT2D eigenvalue weighted by atomic mass is 127. The second-order valence-electron chi connectivity index (χ2n) is 4.85. The standard InChI is InChI=1S/C11H24N4O2S.HI/c1-4-9(2)14-11(12)13-8-10-6-5-7-15(10)18(3,16)17;/h9-10H,4-8H2,1-3H3,(H3,12,13,14);1H/t9?,10-;/m1./s1. The minimum absolute atomic E-state index is 0. The van der Waals surface area contributed by atoms with Crippen LogP contribution in [-0.4, -0.2) is 50.1 Å². The first kappa shape index (κ1) is 18.9. The summed E-state index contributed by atoms with van der Waals surface area (Å²) in [7, 11) is -3.12. The van der Waals surface area contributed by atoms with Crippen LogP contribution in [0.25, 0.3) is 0 Å². The van der Waals surface area contributed by atoms with E-state index in [9.17, 15) is 8.42 Å². The third kappa shape index (κ3) is 6.26. The lowest BCUT2D eigenvalue weighted by molar-refractivity contribution is 0.396. The van der Waals surface area contributed by atoms with Gasteiger partial charge in [0.2, 0.25) is 10.0 Å². The molecule has 0 saturated carbocycles. The smallest absolute Gasteiger partial charge is 0.211 e. The Morgan fingerprint density at radius 3 is 2.74 bits per heavy atom. The molecular formula is C11H25IN4O2S. The van der Waals surface area contributed by atoms with Crippen molar-refractivity contribution in [3.63, 3.8) is 0 Å². The summed E-state index contributed by atoms with van der Waals surface area (Å²) < 4.78 is 24.6. The normalized spacial score (nSPS) is 22.9. The predicted octanol–water partition coefficient (Wildman–Crippen LogP) is 0.731. The van der Waals surface area contributed by atoms with Crippen molar-refractivity contribution in [1.29, 1.82) is 0 Å². The second-order valence-corrected chi connectivity index (χ2v) is 6.78. The van der Waals surface area contributed by atoms with Crippen LogP contribution in [0, 0.1) is 0 Å². The van der Waals surface area contributed by atoms with Crippen molar-refractivity contribution < 1.29 is 8.42 Å². The average molecular weight is 404 g/mol. The lowest BCUT2D eigenvalue weighted by atomic mass is 10.2. The van der Waals surface area contributed by atoms with Gasteiger partial charge >= 0.3 is 0 Å². The number of guanidine groups is 1. The largest absolute Gasteiger partial charge is 0.370 e. The predicted molar refractivity (Wildman–Crippen MR) is 89.4 cm³/mol. The van der Waals surface area contributed by atoms with E-state index in [-0.39, 0.29) is 36.1 Å². The number of hydrogen-bond donors (Lipinski definition) is 2. The van der Waals surface area contributed by atoms with Gasteiger partial charge in [0.15, 0.2) is 5.96 Å². The quantitative estimate of drug-likeness (QED) is 0.402. The summed E-state index contributed by atoms with van der Waals surface area (Å²) in [6.07, 6.45) is 3.96. The Morgan fingerprint density at radius 2 is 2.21 bits per heavy atom. The highest BCUT2D eigenvalue weighted by molar-refractivity contribution is 14.0. The Balaban J connectivity index is 0.00000324. The van der Waals surface area contributed by atoms with Gasteiger partial charge in [0.1, 0.15) is 0 Å². The van der Waals surface area contributed by atoms with Crippen LogP contribution < -0.4 is 11.1 Å². The van der Waals surface area contributed by atoms with E-state index in [1.165, 1.54) is 10.6 Å². The fraction of sp³-hybridized carbons (Fsp3) is 0.909. The molecule has 0 aromatic rings. The highest BCUT2D eigenvalue weighted by Crippen LogP contribution is 2.20. The number of halogens is 1. The SMILES string of the molecule is CCC(C)NC(N)=NC[C@H]1CCCN1S(C)(=O)=O.I. The molecule has 1 aliphatic rings. The van der Waals surface area contributed by atoms with Gasteiger partial charge in [0, 0.05) is 18.6 Å². The zero-order valence-electron chi connectivity index (χ0n) is 11.8. The molecule has 0 aromatic heterocycles. The van der Waals surface area contributed by atoms with E-state index in [0.29, 0.717) is 19.0 Å². The first-order valence-corrected chi connectivity index (χ1v) is 8.22. The van der Waals surface area contributed by atoms with Gasteiger partial charge in [0.25, 0.3) is 0 Å². The van der Waals surface area contributed by atoms with Gasteiger partial charge in [-0.05, 0) is 26.2 Å². The molecule has 0 aliphatic carbocycles. The summed E-state index contributed by atoms with van der Waals surface area (Å²) in [5.41, 5.74) is 5.75. The van der Waals surface area contributed by atoms with Crippen LogP contribution in [0.5, 0.6) is 0 Å². The van der Waals surface area contributed by atoms with Crippen molar-refractivity contribution in [2.75, 3.05) is 19.3 Å². The number of sulfonamides is 1. The zero-order chi connectivity index (χ0) is 13.8. The van der Waals surface area contributed by atoms with Crippen molar-refractivity contribution in [3.05, 3.63) is 0 Å². The van der Waals surface area contributed by atoms with E-state index >= 15 is 0 Å². The van der Waals surface area contributed by atoms with Crippen LogP contribution >= 0.6 is 24.0 Å². The first-order valence-electron chi connectivity index (χ1n) is 6.37. The number of hydrogen-bond acceptors (Lipinski definition) is 3. The Morgan fingerprint density at radius 1 is 1.58 bits per heavy atom. The fourth-order valence-electron chi connectivity index (χ4n) is 2.03. The zero-order valence-corrected chi connectivity index (χ0v) is 14.9. The Bertz CT molecular complexity index is 399. The van der Waals surface area contributed by atoms with E-state index in [1.54, 1.807) is 0 Å².